The van der Waals surface area contributed by atoms with Crippen molar-refractivity contribution in [3.05, 3.63) is 65.6 Å². The normalized spacial score (nSPS) is 14.2. The van der Waals surface area contributed by atoms with Crippen molar-refractivity contribution in [1.82, 2.24) is 14.7 Å². The van der Waals surface area contributed by atoms with Crippen molar-refractivity contribution < 1.29 is 9.59 Å². The standard InChI is InChI=1S/C20H20N4O2/c1-14-19(22-17-5-2-3-11-23(14)17)20(26)21-13-15-7-9-16(10-8-15)24-12-4-6-18(24)25/h2-3,5,7-11H,4,6,12-13H2,1H3,(H,21,26). The van der Waals surface area contributed by atoms with Crippen LogP contribution in [-0.2, 0) is 11.3 Å². The number of aromatic nitrogens is 2. The van der Waals surface area contributed by atoms with Crippen molar-refractivity contribution in [1.29, 1.82) is 0 Å². The molecule has 2 aromatic heterocycles. The van der Waals surface area contributed by atoms with Gasteiger partial charge in [0.25, 0.3) is 5.91 Å². The van der Waals surface area contributed by atoms with Gasteiger partial charge in [0.15, 0.2) is 0 Å². The number of hydrogen-bond acceptors (Lipinski definition) is 3. The van der Waals surface area contributed by atoms with Crippen LogP contribution in [0.1, 0.15) is 34.6 Å². The number of carbonyl (C=O) groups excluding carboxylic acids is 2. The van der Waals surface area contributed by atoms with Crippen LogP contribution in [0.3, 0.4) is 0 Å². The first kappa shape index (κ1) is 16.3. The van der Waals surface area contributed by atoms with E-state index >= 15 is 0 Å². The fourth-order valence-corrected chi connectivity index (χ4v) is 3.31. The molecule has 1 aliphatic heterocycles. The summed E-state index contributed by atoms with van der Waals surface area (Å²) in [5.41, 5.74) is 3.92. The van der Waals surface area contributed by atoms with Gasteiger partial charge < -0.3 is 14.6 Å². The van der Waals surface area contributed by atoms with Gasteiger partial charge in [-0.1, -0.05) is 18.2 Å². The molecule has 0 unspecified atom stereocenters. The number of aryl methyl sites for hydroxylation is 1. The Bertz CT molecular complexity index is 975. The van der Waals surface area contributed by atoms with E-state index in [1.807, 2.05) is 64.9 Å². The molecule has 0 atom stereocenters. The van der Waals surface area contributed by atoms with E-state index in [-0.39, 0.29) is 11.8 Å². The molecule has 0 radical (unpaired) electrons. The molecule has 26 heavy (non-hydrogen) atoms. The molecule has 132 valence electrons. The fourth-order valence-electron chi connectivity index (χ4n) is 3.31. The van der Waals surface area contributed by atoms with E-state index in [1.165, 1.54) is 0 Å². The first-order chi connectivity index (χ1) is 12.6. The summed E-state index contributed by atoms with van der Waals surface area (Å²) in [6, 6.07) is 13.4. The van der Waals surface area contributed by atoms with Gasteiger partial charge in [0.05, 0.1) is 5.69 Å². The second-order valence-corrected chi connectivity index (χ2v) is 6.47. The SMILES string of the molecule is Cc1c(C(=O)NCc2ccc(N3CCCC3=O)cc2)nc2ccccn12. The Kier molecular flexibility index (Phi) is 4.16. The summed E-state index contributed by atoms with van der Waals surface area (Å²) in [6.07, 6.45) is 3.43. The van der Waals surface area contributed by atoms with Gasteiger partial charge in [0.1, 0.15) is 11.3 Å². The summed E-state index contributed by atoms with van der Waals surface area (Å²) in [5, 5.41) is 2.92. The van der Waals surface area contributed by atoms with E-state index in [0.29, 0.717) is 18.7 Å². The number of nitrogens with one attached hydrogen (secondary N) is 1. The average molecular weight is 348 g/mol. The van der Waals surface area contributed by atoms with Gasteiger partial charge in [0.2, 0.25) is 5.91 Å². The Morgan fingerprint density at radius 1 is 1.19 bits per heavy atom. The van der Waals surface area contributed by atoms with Gasteiger partial charge in [-0.15, -0.1) is 0 Å². The minimum Gasteiger partial charge on any atom is -0.347 e. The molecule has 1 fully saturated rings. The third-order valence-electron chi connectivity index (χ3n) is 4.76. The molecule has 1 N–H and O–H groups in total. The summed E-state index contributed by atoms with van der Waals surface area (Å²) in [7, 11) is 0. The Labute approximate surface area is 151 Å². The molecule has 1 aromatic carbocycles. The Morgan fingerprint density at radius 3 is 2.69 bits per heavy atom. The molecule has 0 bridgehead atoms. The molecule has 2 amide bonds. The van der Waals surface area contributed by atoms with Gasteiger partial charge in [-0.25, -0.2) is 4.98 Å². The van der Waals surface area contributed by atoms with E-state index in [4.69, 9.17) is 0 Å². The van der Waals surface area contributed by atoms with Gasteiger partial charge in [-0.05, 0) is 43.2 Å². The zero-order valence-electron chi connectivity index (χ0n) is 14.6. The van der Waals surface area contributed by atoms with Crippen molar-refractivity contribution in [3.8, 4) is 0 Å². The van der Waals surface area contributed by atoms with Crippen LogP contribution in [0.5, 0.6) is 0 Å². The topological polar surface area (TPSA) is 66.7 Å². The number of carbonyl (C=O) groups is 2. The first-order valence-corrected chi connectivity index (χ1v) is 8.75. The number of imidazole rings is 1. The van der Waals surface area contributed by atoms with E-state index in [0.717, 1.165) is 35.6 Å². The second-order valence-electron chi connectivity index (χ2n) is 6.47. The maximum absolute atomic E-state index is 12.5. The summed E-state index contributed by atoms with van der Waals surface area (Å²) in [5.74, 6) is -0.0154. The number of pyridine rings is 1. The molecule has 0 aliphatic carbocycles. The van der Waals surface area contributed by atoms with Crippen molar-refractivity contribution in [3.63, 3.8) is 0 Å². The van der Waals surface area contributed by atoms with Crippen LogP contribution in [0.15, 0.2) is 48.7 Å². The summed E-state index contributed by atoms with van der Waals surface area (Å²) in [6.45, 7) is 3.08. The van der Waals surface area contributed by atoms with Crippen molar-refractivity contribution in [2.24, 2.45) is 0 Å². The highest BCUT2D eigenvalue weighted by Crippen LogP contribution is 2.21. The molecule has 1 saturated heterocycles. The van der Waals surface area contributed by atoms with E-state index in [2.05, 4.69) is 10.3 Å². The van der Waals surface area contributed by atoms with Crippen LogP contribution in [0.2, 0.25) is 0 Å². The lowest BCUT2D eigenvalue weighted by Gasteiger charge is -2.16. The highest BCUT2D eigenvalue weighted by molar-refractivity contribution is 5.95. The van der Waals surface area contributed by atoms with Crippen LogP contribution in [0.4, 0.5) is 5.69 Å². The number of nitrogens with zero attached hydrogens (tertiary/aromatic N) is 3. The van der Waals surface area contributed by atoms with E-state index < -0.39 is 0 Å². The largest absolute Gasteiger partial charge is 0.347 e. The third kappa shape index (κ3) is 2.94. The minimum absolute atomic E-state index is 0.174. The molecule has 0 spiro atoms. The molecule has 4 rings (SSSR count). The molecular formula is C20H20N4O2. The monoisotopic (exact) mass is 348 g/mol. The smallest absolute Gasteiger partial charge is 0.272 e. The molecule has 6 nitrogen and oxygen atoms in total. The molecule has 0 saturated carbocycles. The summed E-state index contributed by atoms with van der Waals surface area (Å²) >= 11 is 0. The van der Waals surface area contributed by atoms with E-state index in [9.17, 15) is 9.59 Å². The predicted octanol–water partition coefficient (Wildman–Crippen LogP) is 2.70. The third-order valence-corrected chi connectivity index (χ3v) is 4.76. The number of anilines is 1. The molecule has 6 heteroatoms. The van der Waals surface area contributed by atoms with Crippen LogP contribution in [0.25, 0.3) is 5.65 Å². The van der Waals surface area contributed by atoms with Crippen molar-refractivity contribution in [2.45, 2.75) is 26.3 Å². The molecule has 1 aliphatic rings. The molecular weight excluding hydrogens is 328 g/mol. The first-order valence-electron chi connectivity index (χ1n) is 8.75. The zero-order chi connectivity index (χ0) is 18.1. The quantitative estimate of drug-likeness (QED) is 0.788. The van der Waals surface area contributed by atoms with E-state index in [1.54, 1.807) is 0 Å². The van der Waals surface area contributed by atoms with Gasteiger partial charge in [-0.3, -0.25) is 9.59 Å². The average Bonchev–Trinajstić information content (AvgIpc) is 3.24. The maximum atomic E-state index is 12.5. The number of rotatable bonds is 4. The number of fused-ring (bicyclic) bond motifs is 1. The lowest BCUT2D eigenvalue weighted by Crippen LogP contribution is -2.25. The second kappa shape index (κ2) is 6.63. The Balaban J connectivity index is 1.44. The van der Waals surface area contributed by atoms with Crippen LogP contribution in [0, 0.1) is 6.92 Å². The van der Waals surface area contributed by atoms with Crippen LogP contribution >= 0.6 is 0 Å². The molecule has 3 heterocycles. The Hall–Kier alpha value is -3.15. The van der Waals surface area contributed by atoms with Crippen molar-refractivity contribution >= 4 is 23.1 Å². The number of amides is 2. The number of hydrogen-bond donors (Lipinski definition) is 1. The predicted molar refractivity (Wildman–Crippen MR) is 99.1 cm³/mol. The molecule has 3 aromatic rings. The summed E-state index contributed by atoms with van der Waals surface area (Å²) in [4.78, 5) is 30.5. The fraction of sp³-hybridized carbons (Fsp3) is 0.250. The zero-order valence-corrected chi connectivity index (χ0v) is 14.6. The van der Waals surface area contributed by atoms with Gasteiger partial charge in [-0.2, -0.15) is 0 Å². The lowest BCUT2D eigenvalue weighted by molar-refractivity contribution is -0.117. The highest BCUT2D eigenvalue weighted by atomic mass is 16.2. The van der Waals surface area contributed by atoms with Crippen LogP contribution < -0.4 is 10.2 Å². The lowest BCUT2D eigenvalue weighted by atomic mass is 10.2. The maximum Gasteiger partial charge on any atom is 0.272 e. The summed E-state index contributed by atoms with van der Waals surface area (Å²) < 4.78 is 1.90. The highest BCUT2D eigenvalue weighted by Gasteiger charge is 2.21. The van der Waals surface area contributed by atoms with Gasteiger partial charge in [0, 0.05) is 31.4 Å². The van der Waals surface area contributed by atoms with Crippen molar-refractivity contribution in [2.75, 3.05) is 11.4 Å². The minimum atomic E-state index is -0.190. The van der Waals surface area contributed by atoms with Crippen LogP contribution in [-0.4, -0.2) is 27.7 Å². The van der Waals surface area contributed by atoms with Gasteiger partial charge >= 0.3 is 0 Å². The number of benzene rings is 1. The Morgan fingerprint density at radius 2 is 2.00 bits per heavy atom.